The van der Waals surface area contributed by atoms with Crippen LogP contribution in [0.5, 0.6) is 11.5 Å². The lowest BCUT2D eigenvalue weighted by Crippen LogP contribution is -2.12. The second-order valence-corrected chi connectivity index (χ2v) is 7.94. The monoisotopic (exact) mass is 487 g/mol. The van der Waals surface area contributed by atoms with Crippen molar-refractivity contribution < 1.29 is 18.8 Å². The lowest BCUT2D eigenvalue weighted by atomic mass is 10.1. The Kier molecular flexibility index (Phi) is 7.68. The molecule has 2 aromatic carbocycles. The van der Waals surface area contributed by atoms with Gasteiger partial charge in [0.15, 0.2) is 11.5 Å². The van der Waals surface area contributed by atoms with Crippen molar-refractivity contribution >= 4 is 27.5 Å². The van der Waals surface area contributed by atoms with E-state index < -0.39 is 0 Å². The summed E-state index contributed by atoms with van der Waals surface area (Å²) in [6.07, 6.45) is 1.49. The summed E-state index contributed by atoms with van der Waals surface area (Å²) in [6, 6.07) is 9.55. The molecule has 0 atom stereocenters. The minimum Gasteiger partial charge on any atom is -0.492 e. The van der Waals surface area contributed by atoms with Gasteiger partial charge in [0.25, 0.3) is 0 Å². The van der Waals surface area contributed by atoms with E-state index in [1.54, 1.807) is 7.11 Å². The summed E-state index contributed by atoms with van der Waals surface area (Å²) < 4.78 is 17.1. The van der Waals surface area contributed by atoms with E-state index in [-0.39, 0.29) is 5.91 Å². The zero-order chi connectivity index (χ0) is 22.4. The molecule has 0 aliphatic heterocycles. The summed E-state index contributed by atoms with van der Waals surface area (Å²) in [5, 5.41) is 7.03. The fourth-order valence-electron chi connectivity index (χ4n) is 3.13. The SMILES string of the molecule is CCOc1cc(-c2noc(CCCC(=O)Nc3cccc(C)c3C)n2)cc(Br)c1OC. The number of nitrogens with one attached hydrogen (secondary N) is 1. The van der Waals surface area contributed by atoms with Gasteiger partial charge < -0.3 is 19.3 Å². The van der Waals surface area contributed by atoms with Crippen LogP contribution in [0.15, 0.2) is 39.3 Å². The van der Waals surface area contributed by atoms with E-state index in [4.69, 9.17) is 14.0 Å². The number of hydrogen-bond acceptors (Lipinski definition) is 6. The molecule has 1 heterocycles. The van der Waals surface area contributed by atoms with Crippen LogP contribution in [0, 0.1) is 13.8 Å². The van der Waals surface area contributed by atoms with Crippen molar-refractivity contribution in [1.82, 2.24) is 10.1 Å². The molecule has 3 aromatic rings. The zero-order valence-corrected chi connectivity index (χ0v) is 19.7. The fourth-order valence-corrected chi connectivity index (χ4v) is 3.74. The smallest absolute Gasteiger partial charge is 0.226 e. The van der Waals surface area contributed by atoms with E-state index >= 15 is 0 Å². The van der Waals surface area contributed by atoms with Crippen LogP contribution in [0.2, 0.25) is 0 Å². The lowest BCUT2D eigenvalue weighted by molar-refractivity contribution is -0.116. The second-order valence-electron chi connectivity index (χ2n) is 7.08. The van der Waals surface area contributed by atoms with E-state index in [0.29, 0.717) is 49.1 Å². The van der Waals surface area contributed by atoms with Crippen molar-refractivity contribution in [2.45, 2.75) is 40.0 Å². The third kappa shape index (κ3) is 5.64. The van der Waals surface area contributed by atoms with E-state index in [2.05, 4.69) is 31.4 Å². The quantitative estimate of drug-likeness (QED) is 0.429. The van der Waals surface area contributed by atoms with Gasteiger partial charge in [-0.1, -0.05) is 17.3 Å². The molecule has 3 rings (SSSR count). The van der Waals surface area contributed by atoms with E-state index in [0.717, 1.165) is 26.9 Å². The molecule has 0 unspecified atom stereocenters. The Morgan fingerprint density at radius 2 is 2.06 bits per heavy atom. The summed E-state index contributed by atoms with van der Waals surface area (Å²) in [5.74, 6) is 2.13. The Hall–Kier alpha value is -2.87. The largest absolute Gasteiger partial charge is 0.492 e. The number of ether oxygens (including phenoxy) is 2. The molecule has 31 heavy (non-hydrogen) atoms. The highest BCUT2D eigenvalue weighted by atomic mass is 79.9. The molecule has 1 N–H and O–H groups in total. The molecular weight excluding hydrogens is 462 g/mol. The Morgan fingerprint density at radius 3 is 2.81 bits per heavy atom. The Morgan fingerprint density at radius 1 is 1.26 bits per heavy atom. The van der Waals surface area contributed by atoms with Gasteiger partial charge in [0, 0.05) is 24.1 Å². The number of carbonyl (C=O) groups is 1. The first kappa shape index (κ1) is 22.8. The number of benzene rings is 2. The highest BCUT2D eigenvalue weighted by molar-refractivity contribution is 9.10. The maximum atomic E-state index is 12.3. The van der Waals surface area contributed by atoms with E-state index in [1.807, 2.05) is 51.1 Å². The van der Waals surface area contributed by atoms with Gasteiger partial charge in [-0.2, -0.15) is 4.98 Å². The molecule has 1 amide bonds. The summed E-state index contributed by atoms with van der Waals surface area (Å²) in [6.45, 7) is 6.44. The molecule has 0 saturated carbocycles. The number of aryl methyl sites for hydroxylation is 2. The maximum absolute atomic E-state index is 12.3. The summed E-state index contributed by atoms with van der Waals surface area (Å²) >= 11 is 3.49. The molecule has 0 bridgehead atoms. The molecule has 0 saturated heterocycles. The molecule has 1 aromatic heterocycles. The molecular formula is C23H26BrN3O4. The van der Waals surface area contributed by atoms with Crippen molar-refractivity contribution in [3.63, 3.8) is 0 Å². The van der Waals surface area contributed by atoms with Crippen molar-refractivity contribution in [1.29, 1.82) is 0 Å². The van der Waals surface area contributed by atoms with Gasteiger partial charge >= 0.3 is 0 Å². The zero-order valence-electron chi connectivity index (χ0n) is 18.1. The van der Waals surface area contributed by atoms with Crippen LogP contribution < -0.4 is 14.8 Å². The van der Waals surface area contributed by atoms with Crippen molar-refractivity contribution in [3.05, 3.63) is 51.8 Å². The van der Waals surface area contributed by atoms with Gasteiger partial charge in [0.1, 0.15) is 0 Å². The third-order valence-corrected chi connectivity index (χ3v) is 5.50. The molecule has 0 fully saturated rings. The molecule has 8 heteroatoms. The number of aromatic nitrogens is 2. The molecule has 0 radical (unpaired) electrons. The highest BCUT2D eigenvalue weighted by Crippen LogP contribution is 2.39. The second kappa shape index (κ2) is 10.4. The van der Waals surface area contributed by atoms with Crippen LogP contribution in [0.1, 0.15) is 36.8 Å². The van der Waals surface area contributed by atoms with Crippen LogP contribution in [-0.2, 0) is 11.2 Å². The summed E-state index contributed by atoms with van der Waals surface area (Å²) in [5.41, 5.74) is 3.82. The first-order valence-electron chi connectivity index (χ1n) is 10.1. The third-order valence-electron chi connectivity index (χ3n) is 4.91. The fraction of sp³-hybridized carbons (Fsp3) is 0.348. The average molecular weight is 488 g/mol. The van der Waals surface area contributed by atoms with Gasteiger partial charge in [0.2, 0.25) is 17.6 Å². The standard InChI is InChI=1S/C23H26BrN3O4/c1-5-30-19-13-16(12-17(24)22(19)29-4)23-26-21(31-27-23)11-7-10-20(28)25-18-9-6-8-14(2)15(18)3/h6,8-9,12-13H,5,7,10-11H2,1-4H3,(H,25,28). The minimum absolute atomic E-state index is 0.0334. The number of halogens is 1. The molecule has 0 spiro atoms. The average Bonchev–Trinajstić information content (AvgIpc) is 3.20. The number of nitrogens with zero attached hydrogens (tertiary/aromatic N) is 2. The van der Waals surface area contributed by atoms with Gasteiger partial charge in [0.05, 0.1) is 18.2 Å². The number of carbonyl (C=O) groups excluding carboxylic acids is 1. The Bertz CT molecular complexity index is 1060. The number of rotatable bonds is 9. The molecule has 0 aliphatic rings. The molecule has 164 valence electrons. The predicted molar refractivity (Wildman–Crippen MR) is 123 cm³/mol. The maximum Gasteiger partial charge on any atom is 0.226 e. The van der Waals surface area contributed by atoms with Gasteiger partial charge in [-0.15, -0.1) is 0 Å². The van der Waals surface area contributed by atoms with Gasteiger partial charge in [-0.25, -0.2) is 0 Å². The first-order valence-corrected chi connectivity index (χ1v) is 10.9. The number of amides is 1. The van der Waals surface area contributed by atoms with Crippen LogP contribution in [0.4, 0.5) is 5.69 Å². The number of anilines is 1. The lowest BCUT2D eigenvalue weighted by Gasteiger charge is -2.12. The van der Waals surface area contributed by atoms with Gasteiger partial charge in [-0.05, 0) is 72.4 Å². The molecule has 7 nitrogen and oxygen atoms in total. The van der Waals surface area contributed by atoms with Crippen LogP contribution in [0.3, 0.4) is 0 Å². The Balaban J connectivity index is 1.60. The predicted octanol–water partition coefficient (Wildman–Crippen LogP) is 5.48. The van der Waals surface area contributed by atoms with E-state index in [9.17, 15) is 4.79 Å². The topological polar surface area (TPSA) is 86.5 Å². The Labute approximate surface area is 190 Å². The van der Waals surface area contributed by atoms with Crippen LogP contribution in [0.25, 0.3) is 11.4 Å². The van der Waals surface area contributed by atoms with E-state index in [1.165, 1.54) is 0 Å². The number of hydrogen-bond donors (Lipinski definition) is 1. The first-order chi connectivity index (χ1) is 14.9. The van der Waals surface area contributed by atoms with Crippen LogP contribution in [-0.4, -0.2) is 29.8 Å². The number of methoxy groups -OCH3 is 1. The van der Waals surface area contributed by atoms with Crippen LogP contribution >= 0.6 is 15.9 Å². The van der Waals surface area contributed by atoms with Crippen molar-refractivity contribution in [3.8, 4) is 22.9 Å². The van der Waals surface area contributed by atoms with Gasteiger partial charge in [-0.3, -0.25) is 4.79 Å². The van der Waals surface area contributed by atoms with Crippen molar-refractivity contribution in [2.75, 3.05) is 19.0 Å². The highest BCUT2D eigenvalue weighted by Gasteiger charge is 2.16. The summed E-state index contributed by atoms with van der Waals surface area (Å²) in [4.78, 5) is 16.7. The normalized spacial score (nSPS) is 10.7. The minimum atomic E-state index is -0.0334. The van der Waals surface area contributed by atoms with Crippen molar-refractivity contribution in [2.24, 2.45) is 0 Å². The molecule has 0 aliphatic carbocycles. The summed E-state index contributed by atoms with van der Waals surface area (Å²) in [7, 11) is 1.59.